The number of aromatic nitrogens is 6. The number of nitrogens with one attached hydrogen (secondary N) is 3. The first-order valence-electron chi connectivity index (χ1n) is 12.0. The lowest BCUT2D eigenvalue weighted by Crippen LogP contribution is -2.20. The number of pyridine rings is 2. The molecule has 0 aliphatic heterocycles. The molecule has 0 aliphatic carbocycles. The Labute approximate surface area is 212 Å². The van der Waals surface area contributed by atoms with Gasteiger partial charge in [0.1, 0.15) is 17.0 Å². The number of hydrogen-bond donors (Lipinski definition) is 3. The molecule has 0 aliphatic rings. The van der Waals surface area contributed by atoms with Crippen molar-refractivity contribution in [3.05, 3.63) is 79.0 Å². The molecule has 0 spiro atoms. The van der Waals surface area contributed by atoms with Crippen molar-refractivity contribution in [1.29, 1.82) is 0 Å². The lowest BCUT2D eigenvalue weighted by atomic mass is 10.0. The highest BCUT2D eigenvalue weighted by molar-refractivity contribution is 5.97. The summed E-state index contributed by atoms with van der Waals surface area (Å²) < 4.78 is 14.6. The zero-order valence-electron chi connectivity index (χ0n) is 20.5. The molecule has 9 heteroatoms. The molecule has 0 amide bonds. The van der Waals surface area contributed by atoms with Crippen LogP contribution < -0.4 is 5.32 Å². The molecule has 3 N–H and O–H groups in total. The molecule has 0 unspecified atom stereocenters. The van der Waals surface area contributed by atoms with E-state index in [0.29, 0.717) is 40.5 Å². The van der Waals surface area contributed by atoms with E-state index < -0.39 is 0 Å². The number of imidazole rings is 1. The predicted octanol–water partition coefficient (Wildman–Crippen LogP) is 5.34. The van der Waals surface area contributed by atoms with Crippen molar-refractivity contribution >= 4 is 27.6 Å². The van der Waals surface area contributed by atoms with Crippen LogP contribution in [0.25, 0.3) is 55.8 Å². The molecule has 0 radical (unpaired) electrons. The summed E-state index contributed by atoms with van der Waals surface area (Å²) in [5.41, 5.74) is 7.07. The summed E-state index contributed by atoms with van der Waals surface area (Å²) in [7, 11) is 4.00. The SMILES string of the molecule is CN(C)CCNc1cc(F)cc(-c2nccc3[nH]c(-c4n[nH]c5ccc(-c6cccnc6)cc45)nc23)c1. The van der Waals surface area contributed by atoms with Crippen molar-refractivity contribution < 1.29 is 4.39 Å². The third-order valence-corrected chi connectivity index (χ3v) is 6.24. The molecule has 6 rings (SSSR count). The van der Waals surface area contributed by atoms with Crippen molar-refractivity contribution in [3.8, 4) is 33.9 Å². The maximum atomic E-state index is 14.6. The summed E-state index contributed by atoms with van der Waals surface area (Å²) in [6.07, 6.45) is 5.29. The van der Waals surface area contributed by atoms with Gasteiger partial charge in [-0.15, -0.1) is 0 Å². The zero-order valence-corrected chi connectivity index (χ0v) is 20.5. The van der Waals surface area contributed by atoms with Crippen LogP contribution in [-0.4, -0.2) is 62.2 Å². The van der Waals surface area contributed by atoms with E-state index in [9.17, 15) is 4.39 Å². The first kappa shape index (κ1) is 22.8. The number of likely N-dealkylation sites (N-methyl/N-ethyl adjacent to an activating group) is 1. The Kier molecular flexibility index (Phi) is 5.82. The van der Waals surface area contributed by atoms with Crippen LogP contribution in [0.4, 0.5) is 10.1 Å². The van der Waals surface area contributed by atoms with Gasteiger partial charge in [0.2, 0.25) is 0 Å². The Morgan fingerprint density at radius 1 is 0.919 bits per heavy atom. The van der Waals surface area contributed by atoms with Gasteiger partial charge >= 0.3 is 0 Å². The molecule has 4 heterocycles. The first-order valence-corrected chi connectivity index (χ1v) is 12.0. The number of anilines is 1. The largest absolute Gasteiger partial charge is 0.384 e. The molecule has 37 heavy (non-hydrogen) atoms. The average molecular weight is 493 g/mol. The summed E-state index contributed by atoms with van der Waals surface area (Å²) in [5, 5.41) is 11.9. The van der Waals surface area contributed by atoms with Crippen LogP contribution in [0.5, 0.6) is 0 Å². The van der Waals surface area contributed by atoms with Gasteiger partial charge in [0, 0.05) is 53.9 Å². The molecule has 8 nitrogen and oxygen atoms in total. The first-order chi connectivity index (χ1) is 18.0. The highest BCUT2D eigenvalue weighted by atomic mass is 19.1. The maximum Gasteiger partial charge on any atom is 0.159 e. The Bertz CT molecular complexity index is 1700. The number of fused-ring (bicyclic) bond motifs is 2. The normalized spacial score (nSPS) is 11.6. The lowest BCUT2D eigenvalue weighted by molar-refractivity contribution is 0.425. The Morgan fingerprint density at radius 2 is 1.84 bits per heavy atom. The number of halogens is 1. The van der Waals surface area contributed by atoms with Crippen LogP contribution in [0, 0.1) is 5.82 Å². The highest BCUT2D eigenvalue weighted by Crippen LogP contribution is 2.33. The number of benzene rings is 2. The van der Waals surface area contributed by atoms with Crippen LogP contribution in [0.1, 0.15) is 0 Å². The van der Waals surface area contributed by atoms with Gasteiger partial charge in [-0.2, -0.15) is 5.10 Å². The van der Waals surface area contributed by atoms with Crippen LogP contribution >= 0.6 is 0 Å². The smallest absolute Gasteiger partial charge is 0.159 e. The quantitative estimate of drug-likeness (QED) is 0.278. The van der Waals surface area contributed by atoms with Gasteiger partial charge in [-0.05, 0) is 62.1 Å². The monoisotopic (exact) mass is 492 g/mol. The van der Waals surface area contributed by atoms with Crippen LogP contribution in [0.3, 0.4) is 0 Å². The van der Waals surface area contributed by atoms with E-state index in [0.717, 1.165) is 34.1 Å². The van der Waals surface area contributed by atoms with Gasteiger partial charge in [0.05, 0.1) is 16.7 Å². The van der Waals surface area contributed by atoms with Gasteiger partial charge in [0.15, 0.2) is 5.82 Å². The number of rotatable bonds is 7. The zero-order chi connectivity index (χ0) is 25.4. The van der Waals surface area contributed by atoms with Crippen molar-refractivity contribution in [2.45, 2.75) is 0 Å². The molecule has 184 valence electrons. The molecule has 0 saturated carbocycles. The van der Waals surface area contributed by atoms with Crippen molar-refractivity contribution in [2.24, 2.45) is 0 Å². The van der Waals surface area contributed by atoms with Gasteiger partial charge < -0.3 is 15.2 Å². The van der Waals surface area contributed by atoms with Crippen molar-refractivity contribution in [2.75, 3.05) is 32.5 Å². The third kappa shape index (κ3) is 4.52. The summed E-state index contributed by atoms with van der Waals surface area (Å²) in [4.78, 5) is 19.1. The maximum absolute atomic E-state index is 14.6. The minimum absolute atomic E-state index is 0.333. The number of aromatic amines is 2. The standard InChI is InChI=1S/C28H25FN8/c1-37(2)11-10-31-21-13-19(12-20(29)15-21)25-27-24(7-9-32-25)33-28(34-27)26-22-14-17(5-6-23(22)35-36-26)18-4-3-8-30-16-18/h3-9,12-16,31H,10-11H2,1-2H3,(H,33,34)(H,35,36). The van der Waals surface area contributed by atoms with Crippen LogP contribution in [0.2, 0.25) is 0 Å². The topological polar surface area (TPSA) is 98.4 Å². The Morgan fingerprint density at radius 3 is 2.68 bits per heavy atom. The molecule has 0 fully saturated rings. The number of hydrogen-bond acceptors (Lipinski definition) is 6. The summed E-state index contributed by atoms with van der Waals surface area (Å²) >= 11 is 0. The van der Waals surface area contributed by atoms with Gasteiger partial charge in [-0.25, -0.2) is 9.37 Å². The van der Waals surface area contributed by atoms with Crippen molar-refractivity contribution in [3.63, 3.8) is 0 Å². The second-order valence-corrected chi connectivity index (χ2v) is 9.17. The minimum Gasteiger partial charge on any atom is -0.384 e. The predicted molar refractivity (Wildman–Crippen MR) is 145 cm³/mol. The Hall–Kier alpha value is -4.63. The van der Waals surface area contributed by atoms with E-state index in [1.54, 1.807) is 12.4 Å². The van der Waals surface area contributed by atoms with E-state index in [4.69, 9.17) is 4.98 Å². The van der Waals surface area contributed by atoms with Crippen LogP contribution in [0.15, 0.2) is 73.2 Å². The third-order valence-electron chi connectivity index (χ3n) is 6.24. The second kappa shape index (κ2) is 9.44. The molecule has 2 aromatic carbocycles. The molecule has 0 saturated heterocycles. The minimum atomic E-state index is -0.333. The van der Waals surface area contributed by atoms with E-state index in [2.05, 4.69) is 41.4 Å². The average Bonchev–Trinajstić information content (AvgIpc) is 3.52. The molecule has 6 aromatic rings. The molecule has 0 bridgehead atoms. The highest BCUT2D eigenvalue weighted by Gasteiger charge is 2.17. The molecule has 0 atom stereocenters. The second-order valence-electron chi connectivity index (χ2n) is 9.17. The molecule has 4 aromatic heterocycles. The van der Waals surface area contributed by atoms with E-state index in [1.807, 2.05) is 56.7 Å². The summed E-state index contributed by atoms with van der Waals surface area (Å²) in [6.45, 7) is 1.54. The fourth-order valence-electron chi connectivity index (χ4n) is 4.42. The number of nitrogens with zero attached hydrogens (tertiary/aromatic N) is 5. The lowest BCUT2D eigenvalue weighted by Gasteiger charge is -2.12. The summed E-state index contributed by atoms with van der Waals surface area (Å²) in [6, 6.07) is 16.8. The number of H-pyrrole nitrogens is 2. The van der Waals surface area contributed by atoms with Gasteiger partial charge in [-0.1, -0.05) is 12.1 Å². The fraction of sp³-hybridized carbons (Fsp3) is 0.143. The summed E-state index contributed by atoms with van der Waals surface area (Å²) in [5.74, 6) is 0.278. The van der Waals surface area contributed by atoms with E-state index >= 15 is 0 Å². The van der Waals surface area contributed by atoms with Crippen molar-refractivity contribution in [1.82, 2.24) is 35.0 Å². The Balaban J connectivity index is 1.41. The van der Waals surface area contributed by atoms with E-state index in [-0.39, 0.29) is 5.82 Å². The van der Waals surface area contributed by atoms with Crippen LogP contribution in [-0.2, 0) is 0 Å². The van der Waals surface area contributed by atoms with Gasteiger partial charge in [-0.3, -0.25) is 15.1 Å². The molecular formula is C28H25FN8. The molecular weight excluding hydrogens is 467 g/mol. The fourth-order valence-corrected chi connectivity index (χ4v) is 4.42. The van der Waals surface area contributed by atoms with Gasteiger partial charge in [0.25, 0.3) is 0 Å². The van der Waals surface area contributed by atoms with E-state index in [1.165, 1.54) is 12.1 Å².